The van der Waals surface area contributed by atoms with Gasteiger partial charge in [-0.25, -0.2) is 9.97 Å². The van der Waals surface area contributed by atoms with E-state index in [2.05, 4.69) is 72.2 Å². The molecular weight excluding hydrogens is 266 g/mol. The summed E-state index contributed by atoms with van der Waals surface area (Å²) < 4.78 is 0. The van der Waals surface area contributed by atoms with Gasteiger partial charge in [0.15, 0.2) is 0 Å². The first kappa shape index (κ1) is 15.5. The van der Waals surface area contributed by atoms with Crippen molar-refractivity contribution in [1.29, 1.82) is 0 Å². The van der Waals surface area contributed by atoms with Gasteiger partial charge in [-0.05, 0) is 0 Å². The highest BCUT2D eigenvalue weighted by Gasteiger charge is 2.09. The fourth-order valence-electron chi connectivity index (χ4n) is 1.10. The zero-order valence-corrected chi connectivity index (χ0v) is 14.5. The largest absolute Gasteiger partial charge is 0.368 e. The van der Waals surface area contributed by atoms with Gasteiger partial charge >= 0.3 is 0 Å². The number of nitrogen functional groups attached to an aromatic ring is 1. The van der Waals surface area contributed by atoms with Gasteiger partial charge in [0.25, 0.3) is 0 Å². The van der Waals surface area contributed by atoms with Crippen LogP contribution >= 0.6 is 0 Å². The van der Waals surface area contributed by atoms with Crippen molar-refractivity contribution in [3.8, 4) is 22.9 Å². The maximum atomic E-state index is 5.70. The molecule has 0 fully saturated rings. The Labute approximate surface area is 118 Å². The Kier molecular flexibility index (Phi) is 4.57. The van der Waals surface area contributed by atoms with E-state index >= 15 is 0 Å². The Balaban J connectivity index is 3.13. The van der Waals surface area contributed by atoms with Crippen molar-refractivity contribution >= 4 is 22.1 Å². The van der Waals surface area contributed by atoms with Crippen LogP contribution in [0.4, 0.5) is 5.95 Å². The average Bonchev–Trinajstić information content (AvgIpc) is 2.21. The standard InChI is InChI=1S/C14H21N3Si2/c1-18(2,3)9-7-12-11-13(17-14(15)16-12)8-10-19(4,5)6/h11H,1-6H3,(H2,15,16,17). The quantitative estimate of drug-likeness (QED) is 0.589. The maximum absolute atomic E-state index is 5.70. The highest BCUT2D eigenvalue weighted by Crippen LogP contribution is 2.04. The van der Waals surface area contributed by atoms with Crippen LogP contribution in [0.3, 0.4) is 0 Å². The lowest BCUT2D eigenvalue weighted by Gasteiger charge is -2.04. The van der Waals surface area contributed by atoms with Gasteiger partial charge in [-0.2, -0.15) is 0 Å². The second kappa shape index (κ2) is 5.60. The Morgan fingerprint density at radius 3 is 1.53 bits per heavy atom. The first-order valence-electron chi connectivity index (χ1n) is 6.26. The molecule has 0 atom stereocenters. The zero-order valence-electron chi connectivity index (χ0n) is 12.5. The summed E-state index contributed by atoms with van der Waals surface area (Å²) in [6.45, 7) is 13.1. The second-order valence-corrected chi connectivity index (χ2v) is 16.0. The van der Waals surface area contributed by atoms with Crippen molar-refractivity contribution in [1.82, 2.24) is 9.97 Å². The SMILES string of the molecule is C[Si](C)(C)C#Cc1cc(C#C[Si](C)(C)C)nc(N)n1. The predicted octanol–water partition coefficient (Wildman–Crippen LogP) is 2.52. The molecule has 1 rings (SSSR count). The van der Waals surface area contributed by atoms with Crippen molar-refractivity contribution < 1.29 is 0 Å². The molecule has 0 aliphatic heterocycles. The molecule has 1 aromatic rings. The Bertz CT molecular complexity index is 537. The first-order valence-corrected chi connectivity index (χ1v) is 13.3. The highest BCUT2D eigenvalue weighted by atomic mass is 28.3. The molecule has 0 aliphatic rings. The van der Waals surface area contributed by atoms with Gasteiger partial charge in [-0.15, -0.1) is 11.1 Å². The summed E-state index contributed by atoms with van der Waals surface area (Å²) in [5, 5.41) is 0. The average molecular weight is 288 g/mol. The second-order valence-electron chi connectivity index (χ2n) is 6.50. The Morgan fingerprint density at radius 1 is 0.842 bits per heavy atom. The smallest absolute Gasteiger partial charge is 0.222 e. The van der Waals surface area contributed by atoms with Crippen LogP contribution in [0.25, 0.3) is 0 Å². The van der Waals surface area contributed by atoms with E-state index in [-0.39, 0.29) is 5.95 Å². The van der Waals surface area contributed by atoms with Gasteiger partial charge < -0.3 is 5.73 Å². The molecule has 1 heterocycles. The molecule has 3 nitrogen and oxygen atoms in total. The van der Waals surface area contributed by atoms with Crippen molar-refractivity contribution in [3.05, 3.63) is 17.5 Å². The monoisotopic (exact) mass is 287 g/mol. The van der Waals surface area contributed by atoms with E-state index in [4.69, 9.17) is 5.73 Å². The van der Waals surface area contributed by atoms with Crippen LogP contribution in [0.2, 0.25) is 39.3 Å². The third-order valence-corrected chi connectivity index (χ3v) is 3.62. The molecule has 19 heavy (non-hydrogen) atoms. The summed E-state index contributed by atoms with van der Waals surface area (Å²) in [6.07, 6.45) is 0. The topological polar surface area (TPSA) is 51.8 Å². The first-order chi connectivity index (χ1) is 8.55. The summed E-state index contributed by atoms with van der Waals surface area (Å²) in [6, 6.07) is 1.82. The van der Waals surface area contributed by atoms with Gasteiger partial charge in [-0.3, -0.25) is 0 Å². The van der Waals surface area contributed by atoms with E-state index in [9.17, 15) is 0 Å². The van der Waals surface area contributed by atoms with Crippen LogP contribution < -0.4 is 5.73 Å². The Morgan fingerprint density at radius 2 is 1.21 bits per heavy atom. The molecule has 0 unspecified atom stereocenters. The lowest BCUT2D eigenvalue weighted by Crippen LogP contribution is -2.16. The normalized spacial score (nSPS) is 11.1. The minimum Gasteiger partial charge on any atom is -0.368 e. The third-order valence-electron chi connectivity index (χ3n) is 1.87. The van der Waals surface area contributed by atoms with E-state index in [0.717, 1.165) is 0 Å². The van der Waals surface area contributed by atoms with Crippen LogP contribution in [0, 0.1) is 22.9 Å². The number of hydrogen-bond donors (Lipinski definition) is 1. The van der Waals surface area contributed by atoms with Crippen molar-refractivity contribution in [3.63, 3.8) is 0 Å². The van der Waals surface area contributed by atoms with Crippen LogP contribution in [-0.4, -0.2) is 26.1 Å². The van der Waals surface area contributed by atoms with Crippen molar-refractivity contribution in [2.45, 2.75) is 39.3 Å². The van der Waals surface area contributed by atoms with E-state index in [0.29, 0.717) is 11.4 Å². The van der Waals surface area contributed by atoms with Crippen LogP contribution in [0.1, 0.15) is 11.4 Å². The summed E-state index contributed by atoms with van der Waals surface area (Å²) in [7, 11) is -2.83. The fraction of sp³-hybridized carbons (Fsp3) is 0.429. The van der Waals surface area contributed by atoms with E-state index in [1.165, 1.54) is 0 Å². The van der Waals surface area contributed by atoms with E-state index in [1.54, 1.807) is 0 Å². The molecule has 0 spiro atoms. The number of hydrogen-bond acceptors (Lipinski definition) is 3. The molecule has 0 saturated heterocycles. The molecule has 0 bridgehead atoms. The van der Waals surface area contributed by atoms with E-state index < -0.39 is 16.1 Å². The lowest BCUT2D eigenvalue weighted by molar-refractivity contribution is 1.15. The lowest BCUT2D eigenvalue weighted by atomic mass is 10.3. The molecule has 0 amide bonds. The summed E-state index contributed by atoms with van der Waals surface area (Å²) in [4.78, 5) is 8.28. The zero-order chi connectivity index (χ0) is 14.7. The Hall–Kier alpha value is -1.57. The number of anilines is 1. The highest BCUT2D eigenvalue weighted by molar-refractivity contribution is 6.84. The predicted molar refractivity (Wildman–Crippen MR) is 86.9 cm³/mol. The van der Waals surface area contributed by atoms with Gasteiger partial charge in [0, 0.05) is 6.07 Å². The van der Waals surface area contributed by atoms with Crippen molar-refractivity contribution in [2.75, 3.05) is 5.73 Å². The molecule has 5 heteroatoms. The summed E-state index contributed by atoms with van der Waals surface area (Å²) in [5.41, 5.74) is 13.6. The summed E-state index contributed by atoms with van der Waals surface area (Å²) >= 11 is 0. The van der Waals surface area contributed by atoms with Crippen molar-refractivity contribution in [2.24, 2.45) is 0 Å². The molecule has 0 radical (unpaired) electrons. The fourth-order valence-corrected chi connectivity index (χ4v) is 2.10. The molecule has 1 aromatic heterocycles. The minimum absolute atomic E-state index is 0.238. The summed E-state index contributed by atoms with van der Waals surface area (Å²) in [5.74, 6) is 6.41. The van der Waals surface area contributed by atoms with Gasteiger partial charge in [-0.1, -0.05) is 51.1 Å². The van der Waals surface area contributed by atoms with Crippen LogP contribution in [0.5, 0.6) is 0 Å². The third kappa shape index (κ3) is 6.80. The maximum Gasteiger partial charge on any atom is 0.222 e. The van der Waals surface area contributed by atoms with Gasteiger partial charge in [0.2, 0.25) is 5.95 Å². The van der Waals surface area contributed by atoms with E-state index in [1.807, 2.05) is 6.07 Å². The molecule has 0 aromatic carbocycles. The number of nitrogens with zero attached hydrogens (tertiary/aromatic N) is 2. The molecule has 2 N–H and O–H groups in total. The van der Waals surface area contributed by atoms with Crippen LogP contribution in [-0.2, 0) is 0 Å². The number of aromatic nitrogens is 2. The number of nitrogens with two attached hydrogens (primary N) is 1. The molecule has 0 aliphatic carbocycles. The number of rotatable bonds is 0. The van der Waals surface area contributed by atoms with Gasteiger partial charge in [0.1, 0.15) is 27.5 Å². The minimum atomic E-state index is -1.41. The molecular formula is C14H21N3Si2. The van der Waals surface area contributed by atoms with Gasteiger partial charge in [0.05, 0.1) is 0 Å². The molecule has 0 saturated carbocycles. The van der Waals surface area contributed by atoms with Crippen LogP contribution in [0.15, 0.2) is 6.07 Å². The molecule has 100 valence electrons.